The number of benzene rings is 1. The summed E-state index contributed by atoms with van der Waals surface area (Å²) >= 11 is 11.9. The van der Waals surface area contributed by atoms with E-state index in [2.05, 4.69) is 5.32 Å². The number of carbonyl (C=O) groups excluding carboxylic acids is 2. The fourth-order valence-corrected chi connectivity index (χ4v) is 3.00. The maximum atomic E-state index is 12.1. The topological polar surface area (TPSA) is 49.4 Å². The summed E-state index contributed by atoms with van der Waals surface area (Å²) in [6, 6.07) is 5.06. The van der Waals surface area contributed by atoms with Crippen LogP contribution in [-0.2, 0) is 9.59 Å². The molecule has 24 heavy (non-hydrogen) atoms. The Balaban J connectivity index is 1.75. The minimum atomic E-state index is -0.255. The van der Waals surface area contributed by atoms with Gasteiger partial charge < -0.3 is 10.2 Å². The Morgan fingerprint density at radius 1 is 1.12 bits per heavy atom. The zero-order valence-corrected chi connectivity index (χ0v) is 15.1. The highest BCUT2D eigenvalue weighted by molar-refractivity contribution is 6.34. The van der Waals surface area contributed by atoms with Crippen LogP contribution in [0.1, 0.15) is 37.7 Å². The van der Waals surface area contributed by atoms with Gasteiger partial charge in [0.25, 0.3) is 0 Å². The molecule has 2 amide bonds. The Morgan fingerprint density at radius 2 is 1.83 bits per heavy atom. The van der Waals surface area contributed by atoms with E-state index in [0.29, 0.717) is 28.6 Å². The molecule has 0 unspecified atom stereocenters. The predicted molar refractivity (Wildman–Crippen MR) is 98.2 cm³/mol. The monoisotopic (exact) mass is 368 g/mol. The van der Waals surface area contributed by atoms with Crippen molar-refractivity contribution in [2.75, 3.05) is 19.6 Å². The molecule has 0 bridgehead atoms. The van der Waals surface area contributed by atoms with E-state index in [1.807, 2.05) is 4.90 Å². The summed E-state index contributed by atoms with van der Waals surface area (Å²) in [4.78, 5) is 25.8. The van der Waals surface area contributed by atoms with E-state index in [4.69, 9.17) is 23.2 Å². The second kappa shape index (κ2) is 9.70. The van der Waals surface area contributed by atoms with Crippen LogP contribution in [0.25, 0.3) is 6.08 Å². The minimum Gasteiger partial charge on any atom is -0.352 e. The van der Waals surface area contributed by atoms with Gasteiger partial charge in [-0.05, 0) is 42.7 Å². The van der Waals surface area contributed by atoms with Crippen molar-refractivity contribution in [1.29, 1.82) is 0 Å². The first-order chi connectivity index (χ1) is 11.6. The van der Waals surface area contributed by atoms with Crippen LogP contribution in [0, 0.1) is 0 Å². The SMILES string of the molecule is O=C(/C=C/c1cc(Cl)ccc1Cl)NCCC(=O)N1CCCCCC1. The highest BCUT2D eigenvalue weighted by Gasteiger charge is 2.14. The number of hydrogen-bond donors (Lipinski definition) is 1. The summed E-state index contributed by atoms with van der Waals surface area (Å²) in [5, 5.41) is 3.81. The molecule has 0 saturated carbocycles. The van der Waals surface area contributed by atoms with Crippen LogP contribution in [0.15, 0.2) is 24.3 Å². The molecule has 130 valence electrons. The van der Waals surface area contributed by atoms with Crippen molar-refractivity contribution in [3.63, 3.8) is 0 Å². The van der Waals surface area contributed by atoms with Crippen LogP contribution in [0.4, 0.5) is 0 Å². The molecule has 6 heteroatoms. The summed E-state index contributed by atoms with van der Waals surface area (Å²) in [5.41, 5.74) is 0.681. The first-order valence-corrected chi connectivity index (χ1v) is 9.00. The Labute approximate surface area is 152 Å². The Hall–Kier alpha value is -1.52. The number of rotatable bonds is 5. The van der Waals surface area contributed by atoms with Gasteiger partial charge in [0, 0.05) is 42.2 Å². The lowest BCUT2D eigenvalue weighted by molar-refractivity contribution is -0.131. The Bertz CT molecular complexity index is 609. The average Bonchev–Trinajstić information content (AvgIpc) is 2.85. The second-order valence-corrected chi connectivity index (χ2v) is 6.68. The largest absolute Gasteiger partial charge is 0.352 e. The number of hydrogen-bond acceptors (Lipinski definition) is 2. The van der Waals surface area contributed by atoms with E-state index in [0.717, 1.165) is 25.9 Å². The maximum absolute atomic E-state index is 12.1. The van der Waals surface area contributed by atoms with Crippen molar-refractivity contribution >= 4 is 41.1 Å². The summed E-state index contributed by atoms with van der Waals surface area (Å²) in [6.45, 7) is 2.00. The van der Waals surface area contributed by atoms with Gasteiger partial charge >= 0.3 is 0 Å². The van der Waals surface area contributed by atoms with Gasteiger partial charge in [-0.25, -0.2) is 0 Å². The number of halogens is 2. The highest BCUT2D eigenvalue weighted by atomic mass is 35.5. The molecule has 0 radical (unpaired) electrons. The quantitative estimate of drug-likeness (QED) is 0.800. The van der Waals surface area contributed by atoms with Crippen LogP contribution in [0.3, 0.4) is 0 Å². The lowest BCUT2D eigenvalue weighted by Gasteiger charge is -2.20. The van der Waals surface area contributed by atoms with Crippen molar-refractivity contribution < 1.29 is 9.59 Å². The van der Waals surface area contributed by atoms with Crippen LogP contribution >= 0.6 is 23.2 Å². The van der Waals surface area contributed by atoms with Crippen molar-refractivity contribution in [2.24, 2.45) is 0 Å². The molecule has 1 N–H and O–H groups in total. The van der Waals surface area contributed by atoms with E-state index in [9.17, 15) is 9.59 Å². The molecular weight excluding hydrogens is 347 g/mol. The highest BCUT2D eigenvalue weighted by Crippen LogP contribution is 2.21. The number of nitrogens with one attached hydrogen (secondary N) is 1. The average molecular weight is 369 g/mol. The predicted octanol–water partition coefficient (Wildman–Crippen LogP) is 3.92. The second-order valence-electron chi connectivity index (χ2n) is 5.84. The van der Waals surface area contributed by atoms with Crippen LogP contribution in [0.2, 0.25) is 10.0 Å². The molecule has 0 aliphatic carbocycles. The van der Waals surface area contributed by atoms with Gasteiger partial charge in [0.1, 0.15) is 0 Å². The molecule has 0 spiro atoms. The van der Waals surface area contributed by atoms with Crippen LogP contribution in [0.5, 0.6) is 0 Å². The zero-order valence-electron chi connectivity index (χ0n) is 13.6. The molecule has 2 rings (SSSR count). The standard InChI is InChI=1S/C18H22Cl2N2O2/c19-15-6-7-16(20)14(13-15)5-8-17(23)21-10-9-18(24)22-11-3-1-2-4-12-22/h5-8,13H,1-4,9-12H2,(H,21,23)/b8-5+. The third-order valence-corrected chi connectivity index (χ3v) is 4.55. The van der Waals surface area contributed by atoms with E-state index >= 15 is 0 Å². The van der Waals surface area contributed by atoms with Crippen molar-refractivity contribution in [2.45, 2.75) is 32.1 Å². The third kappa shape index (κ3) is 6.17. The molecule has 0 atom stereocenters. The molecule has 4 nitrogen and oxygen atoms in total. The van der Waals surface area contributed by atoms with Crippen molar-refractivity contribution in [3.8, 4) is 0 Å². The number of carbonyl (C=O) groups is 2. The fourth-order valence-electron chi connectivity index (χ4n) is 2.64. The smallest absolute Gasteiger partial charge is 0.244 e. The molecule has 1 fully saturated rings. The molecule has 0 aromatic heterocycles. The molecular formula is C18H22Cl2N2O2. The van der Waals surface area contributed by atoms with Crippen LogP contribution < -0.4 is 5.32 Å². The van der Waals surface area contributed by atoms with Crippen LogP contribution in [-0.4, -0.2) is 36.3 Å². The van der Waals surface area contributed by atoms with Gasteiger partial charge in [-0.15, -0.1) is 0 Å². The van der Waals surface area contributed by atoms with E-state index in [1.165, 1.54) is 18.9 Å². The molecule has 1 aliphatic heterocycles. The van der Waals surface area contributed by atoms with E-state index < -0.39 is 0 Å². The molecule has 1 aliphatic rings. The van der Waals surface area contributed by atoms with E-state index in [1.54, 1.807) is 24.3 Å². The van der Waals surface area contributed by atoms with Crippen molar-refractivity contribution in [1.82, 2.24) is 10.2 Å². The zero-order chi connectivity index (χ0) is 17.4. The molecule has 1 heterocycles. The normalized spacial score (nSPS) is 15.3. The third-order valence-electron chi connectivity index (χ3n) is 3.97. The van der Waals surface area contributed by atoms with Gasteiger partial charge in [0.2, 0.25) is 11.8 Å². The summed E-state index contributed by atoms with van der Waals surface area (Å²) in [6.07, 6.45) is 7.86. The number of nitrogens with zero attached hydrogens (tertiary/aromatic N) is 1. The molecule has 1 aromatic carbocycles. The maximum Gasteiger partial charge on any atom is 0.244 e. The lowest BCUT2D eigenvalue weighted by Crippen LogP contribution is -2.34. The van der Waals surface area contributed by atoms with Gasteiger partial charge in [-0.3, -0.25) is 9.59 Å². The molecule has 1 aromatic rings. The fraction of sp³-hybridized carbons (Fsp3) is 0.444. The van der Waals surface area contributed by atoms with Crippen molar-refractivity contribution in [3.05, 3.63) is 39.9 Å². The first kappa shape index (κ1) is 18.8. The Morgan fingerprint density at radius 3 is 2.54 bits per heavy atom. The first-order valence-electron chi connectivity index (χ1n) is 8.25. The van der Waals surface area contributed by atoms with Gasteiger partial charge in [-0.1, -0.05) is 36.0 Å². The van der Waals surface area contributed by atoms with Gasteiger partial charge in [0.05, 0.1) is 0 Å². The number of amides is 2. The minimum absolute atomic E-state index is 0.110. The summed E-state index contributed by atoms with van der Waals surface area (Å²) in [5.74, 6) is -0.145. The van der Waals surface area contributed by atoms with E-state index in [-0.39, 0.29) is 11.8 Å². The van der Waals surface area contributed by atoms with Gasteiger partial charge in [-0.2, -0.15) is 0 Å². The number of likely N-dealkylation sites (tertiary alicyclic amines) is 1. The molecule has 1 saturated heterocycles. The summed E-state index contributed by atoms with van der Waals surface area (Å²) < 4.78 is 0. The Kier molecular flexibility index (Phi) is 7.60. The lowest BCUT2D eigenvalue weighted by atomic mass is 10.2. The van der Waals surface area contributed by atoms with Gasteiger partial charge in [0.15, 0.2) is 0 Å². The summed E-state index contributed by atoms with van der Waals surface area (Å²) in [7, 11) is 0.